The predicted molar refractivity (Wildman–Crippen MR) is 110 cm³/mol. The van der Waals surface area contributed by atoms with Gasteiger partial charge in [0.05, 0.1) is 25.9 Å². The SMILES string of the molecule is CCOc1ccccc1C(=O)NNC(=O)c1ccc(OCCC(C)C)c(OC)c1. The minimum Gasteiger partial charge on any atom is -0.493 e. The summed E-state index contributed by atoms with van der Waals surface area (Å²) in [6.45, 7) is 7.07. The van der Waals surface area contributed by atoms with Crippen LogP contribution >= 0.6 is 0 Å². The highest BCUT2D eigenvalue weighted by atomic mass is 16.5. The van der Waals surface area contributed by atoms with E-state index in [9.17, 15) is 9.59 Å². The highest BCUT2D eigenvalue weighted by Gasteiger charge is 2.15. The fourth-order valence-corrected chi connectivity index (χ4v) is 2.52. The monoisotopic (exact) mass is 400 g/mol. The fraction of sp³-hybridized carbons (Fsp3) is 0.364. The largest absolute Gasteiger partial charge is 0.493 e. The first kappa shape index (κ1) is 22.1. The van der Waals surface area contributed by atoms with E-state index < -0.39 is 11.8 Å². The standard InChI is InChI=1S/C22H28N2O5/c1-5-28-18-9-7-6-8-17(18)22(26)24-23-21(25)16-10-11-19(20(14-16)27-4)29-13-12-15(2)3/h6-11,14-15H,5,12-13H2,1-4H3,(H,23,25)(H,24,26). The second-order valence-corrected chi connectivity index (χ2v) is 6.73. The van der Waals surface area contributed by atoms with Crippen LogP contribution < -0.4 is 25.1 Å². The van der Waals surface area contributed by atoms with Crippen LogP contribution in [-0.4, -0.2) is 32.1 Å². The molecule has 0 aliphatic heterocycles. The number of carbonyl (C=O) groups excluding carboxylic acids is 2. The summed E-state index contributed by atoms with van der Waals surface area (Å²) in [7, 11) is 1.51. The third-order valence-corrected chi connectivity index (χ3v) is 4.10. The molecule has 0 heterocycles. The number of hydrogen-bond donors (Lipinski definition) is 2. The van der Waals surface area contributed by atoms with Crippen molar-refractivity contribution >= 4 is 11.8 Å². The molecule has 0 fully saturated rings. The summed E-state index contributed by atoms with van der Waals surface area (Å²) in [6, 6.07) is 11.7. The number of methoxy groups -OCH3 is 1. The van der Waals surface area contributed by atoms with E-state index in [4.69, 9.17) is 14.2 Å². The summed E-state index contributed by atoms with van der Waals surface area (Å²) in [5.74, 6) is 1.06. The Bertz CT molecular complexity index is 836. The molecule has 2 amide bonds. The van der Waals surface area contributed by atoms with Crippen molar-refractivity contribution in [3.63, 3.8) is 0 Å². The van der Waals surface area contributed by atoms with Gasteiger partial charge in [-0.05, 0) is 49.6 Å². The molecular weight excluding hydrogens is 372 g/mol. The Balaban J connectivity index is 2.01. The van der Waals surface area contributed by atoms with Gasteiger partial charge in [0, 0.05) is 5.56 Å². The molecule has 0 spiro atoms. The van der Waals surface area contributed by atoms with Crippen molar-refractivity contribution in [2.75, 3.05) is 20.3 Å². The molecule has 0 aromatic heterocycles. The third kappa shape index (κ3) is 6.41. The smallest absolute Gasteiger partial charge is 0.273 e. The van der Waals surface area contributed by atoms with Crippen LogP contribution in [0.5, 0.6) is 17.2 Å². The molecule has 2 rings (SSSR count). The van der Waals surface area contributed by atoms with Crippen LogP contribution in [0.4, 0.5) is 0 Å². The van der Waals surface area contributed by atoms with Crippen molar-refractivity contribution in [1.29, 1.82) is 0 Å². The van der Waals surface area contributed by atoms with E-state index in [-0.39, 0.29) is 0 Å². The first-order chi connectivity index (χ1) is 14.0. The lowest BCUT2D eigenvalue weighted by molar-refractivity contribution is 0.0844. The second-order valence-electron chi connectivity index (χ2n) is 6.73. The first-order valence-corrected chi connectivity index (χ1v) is 9.59. The number of hydrazine groups is 1. The Morgan fingerprint density at radius 3 is 2.34 bits per heavy atom. The van der Waals surface area contributed by atoms with Crippen molar-refractivity contribution in [2.24, 2.45) is 5.92 Å². The maximum atomic E-state index is 12.4. The zero-order valence-electron chi connectivity index (χ0n) is 17.3. The Labute approximate surface area is 171 Å². The van der Waals surface area contributed by atoms with Crippen LogP contribution in [0, 0.1) is 5.92 Å². The summed E-state index contributed by atoms with van der Waals surface area (Å²) in [5, 5.41) is 0. The Morgan fingerprint density at radius 1 is 0.931 bits per heavy atom. The Hall–Kier alpha value is -3.22. The topological polar surface area (TPSA) is 85.9 Å². The van der Waals surface area contributed by atoms with E-state index >= 15 is 0 Å². The molecule has 0 aliphatic carbocycles. The molecular formula is C22H28N2O5. The van der Waals surface area contributed by atoms with Gasteiger partial charge >= 0.3 is 0 Å². The van der Waals surface area contributed by atoms with Gasteiger partial charge in [-0.1, -0.05) is 26.0 Å². The molecule has 2 aromatic carbocycles. The molecule has 156 valence electrons. The number of amides is 2. The van der Waals surface area contributed by atoms with Crippen LogP contribution in [0.25, 0.3) is 0 Å². The summed E-state index contributed by atoms with van der Waals surface area (Å²) < 4.78 is 16.5. The summed E-state index contributed by atoms with van der Waals surface area (Å²) in [5.41, 5.74) is 5.47. The quantitative estimate of drug-likeness (QED) is 0.628. The van der Waals surface area contributed by atoms with Crippen molar-refractivity contribution < 1.29 is 23.8 Å². The first-order valence-electron chi connectivity index (χ1n) is 9.59. The van der Waals surface area contributed by atoms with Crippen LogP contribution in [0.2, 0.25) is 0 Å². The Kier molecular flexibility index (Phi) is 8.33. The summed E-state index contributed by atoms with van der Waals surface area (Å²) in [4.78, 5) is 24.8. The van der Waals surface area contributed by atoms with Gasteiger partial charge in [0.2, 0.25) is 0 Å². The predicted octanol–water partition coefficient (Wildman–Crippen LogP) is 3.59. The molecule has 2 aromatic rings. The van der Waals surface area contributed by atoms with Crippen molar-refractivity contribution in [3.05, 3.63) is 53.6 Å². The highest BCUT2D eigenvalue weighted by molar-refractivity contribution is 6.00. The normalized spacial score (nSPS) is 10.4. The average molecular weight is 400 g/mol. The second kappa shape index (κ2) is 10.9. The molecule has 7 heteroatoms. The number of ether oxygens (including phenoxy) is 3. The maximum absolute atomic E-state index is 12.4. The number of rotatable bonds is 9. The number of benzene rings is 2. The van der Waals surface area contributed by atoms with Gasteiger partial charge in [-0.25, -0.2) is 0 Å². The highest BCUT2D eigenvalue weighted by Crippen LogP contribution is 2.28. The zero-order chi connectivity index (χ0) is 21.2. The van der Waals surface area contributed by atoms with E-state index in [1.807, 2.05) is 6.92 Å². The molecule has 0 radical (unpaired) electrons. The molecule has 0 atom stereocenters. The van der Waals surface area contributed by atoms with Gasteiger partial charge in [-0.15, -0.1) is 0 Å². The molecule has 0 saturated heterocycles. The van der Waals surface area contributed by atoms with E-state index in [1.165, 1.54) is 7.11 Å². The van der Waals surface area contributed by atoms with Crippen LogP contribution in [-0.2, 0) is 0 Å². The van der Waals surface area contributed by atoms with Gasteiger partial charge in [0.1, 0.15) is 5.75 Å². The molecule has 0 aliphatic rings. The maximum Gasteiger partial charge on any atom is 0.273 e. The molecule has 7 nitrogen and oxygen atoms in total. The molecule has 29 heavy (non-hydrogen) atoms. The van der Waals surface area contributed by atoms with Gasteiger partial charge in [0.15, 0.2) is 11.5 Å². The lowest BCUT2D eigenvalue weighted by Gasteiger charge is -2.14. The number of hydrogen-bond acceptors (Lipinski definition) is 5. The fourth-order valence-electron chi connectivity index (χ4n) is 2.52. The molecule has 0 bridgehead atoms. The lowest BCUT2D eigenvalue weighted by atomic mass is 10.1. The number of nitrogens with one attached hydrogen (secondary N) is 2. The van der Waals surface area contributed by atoms with E-state index in [2.05, 4.69) is 24.7 Å². The average Bonchev–Trinajstić information content (AvgIpc) is 2.72. The minimum atomic E-state index is -0.473. The van der Waals surface area contributed by atoms with Gasteiger partial charge < -0.3 is 14.2 Å². The zero-order valence-corrected chi connectivity index (χ0v) is 17.3. The number of carbonyl (C=O) groups is 2. The summed E-state index contributed by atoms with van der Waals surface area (Å²) >= 11 is 0. The van der Waals surface area contributed by atoms with Crippen LogP contribution in [0.1, 0.15) is 47.9 Å². The van der Waals surface area contributed by atoms with E-state index in [0.717, 1.165) is 6.42 Å². The van der Waals surface area contributed by atoms with Crippen LogP contribution in [0.15, 0.2) is 42.5 Å². The van der Waals surface area contributed by atoms with E-state index in [0.29, 0.717) is 47.5 Å². The number of para-hydroxylation sites is 1. The van der Waals surface area contributed by atoms with Gasteiger partial charge in [0.25, 0.3) is 11.8 Å². The van der Waals surface area contributed by atoms with Gasteiger partial charge in [-0.2, -0.15) is 0 Å². The van der Waals surface area contributed by atoms with Crippen molar-refractivity contribution in [2.45, 2.75) is 27.2 Å². The van der Waals surface area contributed by atoms with E-state index in [1.54, 1.807) is 42.5 Å². The minimum absolute atomic E-state index is 0.330. The Morgan fingerprint density at radius 2 is 1.66 bits per heavy atom. The third-order valence-electron chi connectivity index (χ3n) is 4.10. The van der Waals surface area contributed by atoms with Crippen LogP contribution in [0.3, 0.4) is 0 Å². The summed E-state index contributed by atoms with van der Waals surface area (Å²) in [6.07, 6.45) is 0.917. The molecule has 0 saturated carbocycles. The molecule has 0 unspecified atom stereocenters. The van der Waals surface area contributed by atoms with Gasteiger partial charge in [-0.3, -0.25) is 20.4 Å². The lowest BCUT2D eigenvalue weighted by Crippen LogP contribution is -2.41. The van der Waals surface area contributed by atoms with Crippen molar-refractivity contribution in [3.8, 4) is 17.2 Å². The molecule has 2 N–H and O–H groups in total. The van der Waals surface area contributed by atoms with Crippen molar-refractivity contribution in [1.82, 2.24) is 10.9 Å².